The predicted octanol–water partition coefficient (Wildman–Crippen LogP) is 1.87. The Morgan fingerprint density at radius 2 is 2.22 bits per heavy atom. The van der Waals surface area contributed by atoms with Crippen LogP contribution in [0, 0.1) is 22.5 Å². The number of hydrogen-bond acceptors (Lipinski definition) is 5. The van der Waals surface area contributed by atoms with Crippen molar-refractivity contribution in [1.29, 1.82) is 0 Å². The average molecular weight is 251 g/mol. The molecule has 1 aromatic heterocycles. The van der Waals surface area contributed by atoms with Gasteiger partial charge in [0.05, 0.1) is 11.0 Å². The van der Waals surface area contributed by atoms with Crippen LogP contribution < -0.4 is 5.32 Å². The van der Waals surface area contributed by atoms with Crippen LogP contribution in [0.4, 0.5) is 11.5 Å². The minimum atomic E-state index is -0.441. The Kier molecular flexibility index (Phi) is 2.98. The van der Waals surface area contributed by atoms with E-state index in [1.54, 1.807) is 13.0 Å². The van der Waals surface area contributed by atoms with Gasteiger partial charge in [-0.1, -0.05) is 13.8 Å². The molecule has 2 N–H and O–H groups in total. The topological polar surface area (TPSA) is 88.3 Å². The highest BCUT2D eigenvalue weighted by Crippen LogP contribution is 2.42. The van der Waals surface area contributed by atoms with Crippen LogP contribution in [-0.2, 0) is 0 Å². The molecule has 1 fully saturated rings. The lowest BCUT2D eigenvalue weighted by atomic mass is 9.64. The van der Waals surface area contributed by atoms with Crippen LogP contribution >= 0.6 is 0 Å². The summed E-state index contributed by atoms with van der Waals surface area (Å²) in [6, 6.07) is 3.19. The maximum absolute atomic E-state index is 10.7. The van der Waals surface area contributed by atoms with Crippen LogP contribution in [-0.4, -0.2) is 27.2 Å². The van der Waals surface area contributed by atoms with E-state index in [2.05, 4.69) is 10.3 Å². The van der Waals surface area contributed by atoms with Crippen molar-refractivity contribution in [3.8, 4) is 0 Å². The lowest BCUT2D eigenvalue weighted by Gasteiger charge is -2.49. The second-order valence-corrected chi connectivity index (χ2v) is 5.33. The van der Waals surface area contributed by atoms with Crippen LogP contribution in [0.2, 0.25) is 0 Å². The van der Waals surface area contributed by atoms with E-state index >= 15 is 0 Å². The lowest BCUT2D eigenvalue weighted by molar-refractivity contribution is -0.385. The molecule has 0 saturated heterocycles. The van der Waals surface area contributed by atoms with Gasteiger partial charge >= 0.3 is 0 Å². The van der Waals surface area contributed by atoms with Crippen molar-refractivity contribution >= 4 is 11.5 Å². The maximum Gasteiger partial charge on any atom is 0.290 e. The molecule has 0 amide bonds. The van der Waals surface area contributed by atoms with E-state index in [-0.39, 0.29) is 23.2 Å². The number of nitrogens with zero attached hydrogens (tertiary/aromatic N) is 2. The highest BCUT2D eigenvalue weighted by molar-refractivity contribution is 5.46. The van der Waals surface area contributed by atoms with E-state index in [1.165, 1.54) is 6.07 Å². The Labute approximate surface area is 105 Å². The molecule has 0 radical (unpaired) electrons. The molecule has 6 heteroatoms. The first-order chi connectivity index (χ1) is 8.32. The number of aromatic nitrogens is 1. The summed E-state index contributed by atoms with van der Waals surface area (Å²) < 4.78 is 0. The van der Waals surface area contributed by atoms with Crippen LogP contribution in [0.15, 0.2) is 12.1 Å². The first-order valence-corrected chi connectivity index (χ1v) is 5.89. The Hall–Kier alpha value is -1.69. The van der Waals surface area contributed by atoms with Crippen molar-refractivity contribution in [3.63, 3.8) is 0 Å². The molecular formula is C12H17N3O3. The zero-order valence-corrected chi connectivity index (χ0v) is 10.7. The smallest absolute Gasteiger partial charge is 0.290 e. The zero-order valence-electron chi connectivity index (χ0n) is 10.7. The Morgan fingerprint density at radius 3 is 2.67 bits per heavy atom. The van der Waals surface area contributed by atoms with Crippen molar-refractivity contribution < 1.29 is 10.0 Å². The van der Waals surface area contributed by atoms with E-state index in [4.69, 9.17) is 0 Å². The molecular weight excluding hydrogens is 234 g/mol. The molecule has 1 aliphatic carbocycles. The largest absolute Gasteiger partial charge is 0.392 e. The van der Waals surface area contributed by atoms with Gasteiger partial charge in [-0.2, -0.15) is 0 Å². The van der Waals surface area contributed by atoms with E-state index in [1.807, 2.05) is 13.8 Å². The number of nitrogens with one attached hydrogen (secondary N) is 1. The van der Waals surface area contributed by atoms with Gasteiger partial charge in [0.1, 0.15) is 11.5 Å². The van der Waals surface area contributed by atoms with E-state index in [0.29, 0.717) is 17.9 Å². The molecule has 2 unspecified atom stereocenters. The predicted molar refractivity (Wildman–Crippen MR) is 67.4 cm³/mol. The lowest BCUT2D eigenvalue weighted by Crippen LogP contribution is -2.57. The number of nitro groups is 1. The minimum absolute atomic E-state index is 0.0217. The minimum Gasteiger partial charge on any atom is -0.392 e. The highest BCUT2D eigenvalue weighted by atomic mass is 16.6. The van der Waals surface area contributed by atoms with Gasteiger partial charge in [-0.25, -0.2) is 4.98 Å². The molecule has 1 heterocycles. The number of rotatable bonds is 3. The van der Waals surface area contributed by atoms with Crippen molar-refractivity contribution in [3.05, 3.63) is 27.9 Å². The van der Waals surface area contributed by atoms with Crippen molar-refractivity contribution in [2.24, 2.45) is 5.41 Å². The Morgan fingerprint density at radius 1 is 1.56 bits per heavy atom. The summed E-state index contributed by atoms with van der Waals surface area (Å²) in [5.74, 6) is 0.614. The number of pyridine rings is 1. The van der Waals surface area contributed by atoms with Gasteiger partial charge < -0.3 is 10.4 Å². The van der Waals surface area contributed by atoms with Crippen LogP contribution in [0.1, 0.15) is 26.0 Å². The number of anilines is 1. The van der Waals surface area contributed by atoms with Gasteiger partial charge in [-0.3, -0.25) is 10.1 Å². The van der Waals surface area contributed by atoms with Gasteiger partial charge in [0, 0.05) is 17.5 Å². The third-order valence-corrected chi connectivity index (χ3v) is 3.79. The monoisotopic (exact) mass is 251 g/mol. The third-order valence-electron chi connectivity index (χ3n) is 3.79. The van der Waals surface area contributed by atoms with E-state index < -0.39 is 4.92 Å². The second kappa shape index (κ2) is 4.20. The second-order valence-electron chi connectivity index (χ2n) is 5.33. The van der Waals surface area contributed by atoms with Gasteiger partial charge in [0.2, 0.25) is 0 Å². The van der Waals surface area contributed by atoms with Crippen molar-refractivity contribution in [2.75, 3.05) is 5.32 Å². The molecule has 1 saturated carbocycles. The summed E-state index contributed by atoms with van der Waals surface area (Å²) >= 11 is 0. The van der Waals surface area contributed by atoms with Crippen LogP contribution in [0.25, 0.3) is 0 Å². The van der Waals surface area contributed by atoms with Crippen LogP contribution in [0.5, 0.6) is 0 Å². The summed E-state index contributed by atoms with van der Waals surface area (Å²) in [6.45, 7) is 5.58. The van der Waals surface area contributed by atoms with Gasteiger partial charge in [-0.15, -0.1) is 0 Å². The Bertz CT molecular complexity index is 487. The molecule has 0 aromatic carbocycles. The molecule has 2 atom stereocenters. The molecule has 0 aliphatic heterocycles. The number of aryl methyl sites for hydroxylation is 1. The fourth-order valence-corrected chi connectivity index (χ4v) is 2.15. The number of hydrogen-bond donors (Lipinski definition) is 2. The molecule has 0 bridgehead atoms. The molecule has 1 aliphatic rings. The number of aliphatic hydroxyl groups is 1. The SMILES string of the molecule is Cc1nc(NC2CC(O)C2(C)C)ccc1[N+](=O)[O-]. The highest BCUT2D eigenvalue weighted by Gasteiger charge is 2.47. The summed E-state index contributed by atoms with van der Waals surface area (Å²) in [7, 11) is 0. The zero-order chi connectivity index (χ0) is 13.5. The molecule has 0 spiro atoms. The molecule has 1 aromatic rings. The maximum atomic E-state index is 10.7. The van der Waals surface area contributed by atoms with Gasteiger partial charge in [0.25, 0.3) is 5.69 Å². The molecule has 98 valence electrons. The summed E-state index contributed by atoms with van der Waals surface area (Å²) in [5.41, 5.74) is 0.216. The quantitative estimate of drug-likeness (QED) is 0.632. The van der Waals surface area contributed by atoms with Crippen LogP contribution in [0.3, 0.4) is 0 Å². The first kappa shape index (κ1) is 12.8. The molecule has 18 heavy (non-hydrogen) atoms. The van der Waals surface area contributed by atoms with Crippen molar-refractivity contribution in [2.45, 2.75) is 39.3 Å². The number of aliphatic hydroxyl groups excluding tert-OH is 1. The Balaban J connectivity index is 2.12. The fraction of sp³-hybridized carbons (Fsp3) is 0.583. The standard InChI is InChI=1S/C12H17N3O3/c1-7-8(15(17)18)4-5-11(13-7)14-9-6-10(16)12(9,2)3/h4-5,9-10,16H,6H2,1-3H3,(H,13,14). The van der Waals surface area contributed by atoms with Gasteiger partial charge in [0.15, 0.2) is 0 Å². The van der Waals surface area contributed by atoms with E-state index in [0.717, 1.165) is 0 Å². The third kappa shape index (κ3) is 2.03. The summed E-state index contributed by atoms with van der Waals surface area (Å²) in [6.07, 6.45) is 0.360. The average Bonchev–Trinajstić information content (AvgIpc) is 2.28. The first-order valence-electron chi connectivity index (χ1n) is 5.89. The fourth-order valence-electron chi connectivity index (χ4n) is 2.15. The normalized spacial score (nSPS) is 25.3. The molecule has 2 rings (SSSR count). The van der Waals surface area contributed by atoms with E-state index in [9.17, 15) is 15.2 Å². The van der Waals surface area contributed by atoms with Crippen molar-refractivity contribution in [1.82, 2.24) is 4.98 Å². The summed E-state index contributed by atoms with van der Waals surface area (Å²) in [4.78, 5) is 14.4. The summed E-state index contributed by atoms with van der Waals surface area (Å²) in [5, 5.41) is 23.5. The van der Waals surface area contributed by atoms with Gasteiger partial charge in [-0.05, 0) is 19.4 Å². The molecule has 6 nitrogen and oxygen atoms in total.